The highest BCUT2D eigenvalue weighted by Crippen LogP contribution is 2.33. The standard InChI is InChI=1S/C19H21IN2O5/c1-24-16-7-5-4-6-14(16)11-22-21-10-13-8-15(20)19(17(9-13)25-2)27-12-18(23)26-3/h4-10,22H,11-12H2,1-3H3/b21-10+. The van der Waals surface area contributed by atoms with Crippen LogP contribution in [0, 0.1) is 3.57 Å². The van der Waals surface area contributed by atoms with Crippen molar-refractivity contribution in [3.63, 3.8) is 0 Å². The first-order valence-electron chi connectivity index (χ1n) is 8.04. The molecule has 27 heavy (non-hydrogen) atoms. The molecule has 0 aliphatic heterocycles. The predicted octanol–water partition coefficient (Wildman–Crippen LogP) is 2.98. The monoisotopic (exact) mass is 484 g/mol. The van der Waals surface area contributed by atoms with Gasteiger partial charge in [0.05, 0.1) is 37.7 Å². The molecule has 0 aromatic heterocycles. The van der Waals surface area contributed by atoms with Crippen molar-refractivity contribution in [2.45, 2.75) is 6.54 Å². The first kappa shape index (κ1) is 20.8. The van der Waals surface area contributed by atoms with E-state index in [0.29, 0.717) is 18.0 Å². The van der Waals surface area contributed by atoms with E-state index in [0.717, 1.165) is 20.4 Å². The van der Waals surface area contributed by atoms with Gasteiger partial charge in [0.2, 0.25) is 0 Å². The lowest BCUT2D eigenvalue weighted by atomic mass is 10.2. The third-order valence-electron chi connectivity index (χ3n) is 3.58. The zero-order valence-electron chi connectivity index (χ0n) is 15.3. The van der Waals surface area contributed by atoms with E-state index in [-0.39, 0.29) is 6.61 Å². The average Bonchev–Trinajstić information content (AvgIpc) is 2.69. The quantitative estimate of drug-likeness (QED) is 0.255. The summed E-state index contributed by atoms with van der Waals surface area (Å²) < 4.78 is 21.5. The number of benzene rings is 2. The molecule has 144 valence electrons. The number of halogens is 1. The van der Waals surface area contributed by atoms with Crippen LogP contribution < -0.4 is 19.6 Å². The fourth-order valence-electron chi connectivity index (χ4n) is 2.24. The molecule has 0 amide bonds. The Morgan fingerprint density at radius 1 is 1.15 bits per heavy atom. The van der Waals surface area contributed by atoms with E-state index in [1.807, 2.05) is 30.3 Å². The summed E-state index contributed by atoms with van der Waals surface area (Å²) in [6.45, 7) is 0.353. The van der Waals surface area contributed by atoms with Crippen molar-refractivity contribution in [2.24, 2.45) is 5.10 Å². The minimum Gasteiger partial charge on any atom is -0.496 e. The van der Waals surface area contributed by atoms with Crippen LogP contribution >= 0.6 is 22.6 Å². The normalized spacial score (nSPS) is 10.5. The smallest absolute Gasteiger partial charge is 0.343 e. The number of carbonyl (C=O) groups is 1. The van der Waals surface area contributed by atoms with E-state index in [9.17, 15) is 4.79 Å². The molecule has 0 fully saturated rings. The number of hydrazone groups is 1. The Morgan fingerprint density at radius 3 is 2.59 bits per heavy atom. The van der Waals surface area contributed by atoms with Crippen LogP contribution in [0.5, 0.6) is 17.2 Å². The zero-order valence-corrected chi connectivity index (χ0v) is 17.5. The topological polar surface area (TPSA) is 78.4 Å². The van der Waals surface area contributed by atoms with Crippen LogP contribution in [0.25, 0.3) is 0 Å². The fraction of sp³-hybridized carbons (Fsp3) is 0.263. The second-order valence-electron chi connectivity index (χ2n) is 5.30. The van der Waals surface area contributed by atoms with Crippen LogP contribution in [-0.4, -0.2) is 40.1 Å². The van der Waals surface area contributed by atoms with Crippen molar-refractivity contribution < 1.29 is 23.7 Å². The van der Waals surface area contributed by atoms with Crippen LogP contribution in [0.4, 0.5) is 0 Å². The van der Waals surface area contributed by atoms with Crippen molar-refractivity contribution in [3.05, 3.63) is 51.1 Å². The van der Waals surface area contributed by atoms with Gasteiger partial charge in [-0.05, 0) is 46.4 Å². The van der Waals surface area contributed by atoms with Gasteiger partial charge in [-0.25, -0.2) is 4.79 Å². The van der Waals surface area contributed by atoms with Crippen LogP contribution in [0.2, 0.25) is 0 Å². The van der Waals surface area contributed by atoms with E-state index in [1.54, 1.807) is 19.4 Å². The number of hydrogen-bond acceptors (Lipinski definition) is 7. The molecule has 0 atom stereocenters. The molecule has 0 saturated carbocycles. The molecule has 2 rings (SSSR count). The lowest BCUT2D eigenvalue weighted by Crippen LogP contribution is -2.13. The first-order valence-corrected chi connectivity index (χ1v) is 9.11. The molecule has 8 heteroatoms. The Hall–Kier alpha value is -2.49. The maximum Gasteiger partial charge on any atom is 0.343 e. The summed E-state index contributed by atoms with van der Waals surface area (Å²) in [5.41, 5.74) is 4.84. The summed E-state index contributed by atoms with van der Waals surface area (Å²) in [5.74, 6) is 1.35. The summed E-state index contributed by atoms with van der Waals surface area (Å²) in [4.78, 5) is 11.3. The minimum atomic E-state index is -0.459. The highest BCUT2D eigenvalue weighted by atomic mass is 127. The van der Waals surface area contributed by atoms with Gasteiger partial charge in [-0.2, -0.15) is 5.10 Å². The van der Waals surface area contributed by atoms with E-state index in [2.05, 4.69) is 37.9 Å². The number of methoxy groups -OCH3 is 3. The van der Waals surface area contributed by atoms with Crippen molar-refractivity contribution >= 4 is 34.8 Å². The van der Waals surface area contributed by atoms with Gasteiger partial charge in [0.1, 0.15) is 5.75 Å². The van der Waals surface area contributed by atoms with Gasteiger partial charge in [-0.15, -0.1) is 0 Å². The van der Waals surface area contributed by atoms with Gasteiger partial charge >= 0.3 is 5.97 Å². The van der Waals surface area contributed by atoms with Crippen molar-refractivity contribution in [2.75, 3.05) is 27.9 Å². The summed E-state index contributed by atoms with van der Waals surface area (Å²) in [6, 6.07) is 11.4. The van der Waals surface area contributed by atoms with E-state index >= 15 is 0 Å². The number of ether oxygens (including phenoxy) is 4. The van der Waals surface area contributed by atoms with Gasteiger partial charge in [0.15, 0.2) is 18.1 Å². The summed E-state index contributed by atoms with van der Waals surface area (Å²) >= 11 is 2.12. The van der Waals surface area contributed by atoms with Crippen molar-refractivity contribution in [3.8, 4) is 17.2 Å². The number of carbonyl (C=O) groups excluding carboxylic acids is 1. The summed E-state index contributed by atoms with van der Waals surface area (Å²) in [5, 5.41) is 4.24. The molecular weight excluding hydrogens is 463 g/mol. The average molecular weight is 484 g/mol. The van der Waals surface area contributed by atoms with Gasteiger partial charge in [-0.3, -0.25) is 0 Å². The maximum atomic E-state index is 11.3. The predicted molar refractivity (Wildman–Crippen MR) is 111 cm³/mol. The Kier molecular flexibility index (Phi) is 8.18. The lowest BCUT2D eigenvalue weighted by molar-refractivity contribution is -0.142. The van der Waals surface area contributed by atoms with Gasteiger partial charge < -0.3 is 24.4 Å². The number of rotatable bonds is 9. The number of para-hydroxylation sites is 1. The Labute approximate surface area is 171 Å². The molecule has 7 nitrogen and oxygen atoms in total. The summed E-state index contributed by atoms with van der Waals surface area (Å²) in [6.07, 6.45) is 1.68. The molecule has 0 aliphatic rings. The molecule has 0 aliphatic carbocycles. The van der Waals surface area contributed by atoms with Crippen LogP contribution in [0.3, 0.4) is 0 Å². The first-order chi connectivity index (χ1) is 13.1. The van der Waals surface area contributed by atoms with E-state index < -0.39 is 5.97 Å². The summed E-state index contributed by atoms with van der Waals surface area (Å²) in [7, 11) is 4.49. The van der Waals surface area contributed by atoms with E-state index in [4.69, 9.17) is 14.2 Å². The molecule has 0 bridgehead atoms. The Balaban J connectivity index is 2.04. The molecule has 0 radical (unpaired) electrons. The number of hydrogen-bond donors (Lipinski definition) is 1. The second kappa shape index (κ2) is 10.6. The van der Waals surface area contributed by atoms with Gasteiger partial charge in [0.25, 0.3) is 0 Å². The molecule has 0 saturated heterocycles. The third kappa shape index (κ3) is 6.02. The third-order valence-corrected chi connectivity index (χ3v) is 4.38. The van der Waals surface area contributed by atoms with Crippen LogP contribution in [0.15, 0.2) is 41.5 Å². The number of esters is 1. The molecule has 2 aromatic carbocycles. The van der Waals surface area contributed by atoms with Crippen LogP contribution in [0.1, 0.15) is 11.1 Å². The van der Waals surface area contributed by atoms with Crippen molar-refractivity contribution in [1.82, 2.24) is 5.43 Å². The maximum absolute atomic E-state index is 11.3. The highest BCUT2D eigenvalue weighted by molar-refractivity contribution is 14.1. The van der Waals surface area contributed by atoms with E-state index in [1.165, 1.54) is 14.2 Å². The molecule has 0 spiro atoms. The molecule has 1 N–H and O–H groups in total. The molecule has 0 heterocycles. The lowest BCUT2D eigenvalue weighted by Gasteiger charge is -2.12. The van der Waals surface area contributed by atoms with Gasteiger partial charge in [0, 0.05) is 5.56 Å². The van der Waals surface area contributed by atoms with Crippen molar-refractivity contribution in [1.29, 1.82) is 0 Å². The number of nitrogens with zero attached hydrogens (tertiary/aromatic N) is 1. The second-order valence-corrected chi connectivity index (χ2v) is 6.47. The zero-order chi connectivity index (χ0) is 19.6. The molecular formula is C19H21IN2O5. The largest absolute Gasteiger partial charge is 0.496 e. The SMILES string of the molecule is COC(=O)COc1c(I)cc(/C=N/NCc2ccccc2OC)cc1OC. The Bertz CT molecular complexity index is 811. The molecule has 0 unspecified atom stereocenters. The molecule has 2 aromatic rings. The number of nitrogens with one attached hydrogen (secondary N) is 1. The highest BCUT2D eigenvalue weighted by Gasteiger charge is 2.13. The Morgan fingerprint density at radius 2 is 1.89 bits per heavy atom. The van der Waals surface area contributed by atoms with Crippen LogP contribution in [-0.2, 0) is 16.1 Å². The van der Waals surface area contributed by atoms with Gasteiger partial charge in [-0.1, -0.05) is 18.2 Å². The minimum absolute atomic E-state index is 0.184. The fourth-order valence-corrected chi connectivity index (χ4v) is 3.03.